The summed E-state index contributed by atoms with van der Waals surface area (Å²) in [4.78, 5) is 1.15. The Morgan fingerprint density at radius 3 is 2.79 bits per heavy atom. The smallest absolute Gasteiger partial charge is 0.124 e. The van der Waals surface area contributed by atoms with Gasteiger partial charge in [0.1, 0.15) is 5.82 Å². The molecule has 0 aliphatic rings. The van der Waals surface area contributed by atoms with Crippen molar-refractivity contribution in [3.05, 3.63) is 55.4 Å². The second-order valence-electron chi connectivity index (χ2n) is 4.19. The number of benzene rings is 1. The summed E-state index contributed by atoms with van der Waals surface area (Å²) in [6.45, 7) is 2.99. The van der Waals surface area contributed by atoms with Crippen molar-refractivity contribution < 1.29 is 4.39 Å². The van der Waals surface area contributed by atoms with Crippen molar-refractivity contribution in [3.8, 4) is 0 Å². The molecule has 0 amide bonds. The zero-order valence-corrected chi connectivity index (χ0v) is 13.6. The van der Waals surface area contributed by atoms with E-state index in [4.69, 9.17) is 11.6 Å². The van der Waals surface area contributed by atoms with Crippen molar-refractivity contribution in [2.24, 2.45) is 0 Å². The number of rotatable bonds is 5. The van der Waals surface area contributed by atoms with Crippen LogP contribution in [0, 0.1) is 5.82 Å². The molecule has 0 fully saturated rings. The quantitative estimate of drug-likeness (QED) is 0.751. The number of hydrogen-bond acceptors (Lipinski definition) is 2. The largest absolute Gasteiger partial charge is 0.306 e. The minimum absolute atomic E-state index is 0.0116. The third kappa shape index (κ3) is 3.57. The Kier molecular flexibility index (Phi) is 5.39. The van der Waals surface area contributed by atoms with Gasteiger partial charge in [-0.15, -0.1) is 11.3 Å². The predicted molar refractivity (Wildman–Crippen MR) is 83.6 cm³/mol. The highest BCUT2D eigenvalue weighted by molar-refractivity contribution is 9.10. The van der Waals surface area contributed by atoms with Crippen LogP contribution in [0.1, 0.15) is 29.8 Å². The molecule has 0 radical (unpaired) electrons. The molecule has 2 aromatic rings. The minimum atomic E-state index is -0.312. The number of nitrogens with one attached hydrogen (secondary N) is 1. The molecule has 0 saturated carbocycles. The van der Waals surface area contributed by atoms with Crippen LogP contribution in [-0.2, 0) is 0 Å². The number of thiophene rings is 1. The van der Waals surface area contributed by atoms with E-state index in [0.717, 1.165) is 27.9 Å². The van der Waals surface area contributed by atoms with Gasteiger partial charge in [-0.2, -0.15) is 0 Å². The van der Waals surface area contributed by atoms with Crippen LogP contribution in [0.25, 0.3) is 0 Å². The molecule has 1 aromatic carbocycles. The fourth-order valence-electron chi connectivity index (χ4n) is 1.88. The van der Waals surface area contributed by atoms with Crippen LogP contribution in [0.3, 0.4) is 0 Å². The van der Waals surface area contributed by atoms with E-state index in [2.05, 4.69) is 28.2 Å². The highest BCUT2D eigenvalue weighted by Crippen LogP contribution is 2.36. The van der Waals surface area contributed by atoms with Crippen LogP contribution >= 0.6 is 38.9 Å². The van der Waals surface area contributed by atoms with Gasteiger partial charge in [0.05, 0.1) is 6.04 Å². The summed E-state index contributed by atoms with van der Waals surface area (Å²) >= 11 is 11.4. The van der Waals surface area contributed by atoms with Crippen LogP contribution in [0.4, 0.5) is 4.39 Å². The second-order valence-corrected chi connectivity index (χ2v) is 6.39. The summed E-state index contributed by atoms with van der Waals surface area (Å²) < 4.78 is 14.2. The van der Waals surface area contributed by atoms with Gasteiger partial charge >= 0.3 is 0 Å². The molecule has 1 nitrogen and oxygen atoms in total. The van der Waals surface area contributed by atoms with Gasteiger partial charge in [-0.25, -0.2) is 4.39 Å². The molecule has 1 atom stereocenters. The first-order valence-electron chi connectivity index (χ1n) is 6.04. The van der Waals surface area contributed by atoms with Gasteiger partial charge in [0.25, 0.3) is 0 Å². The van der Waals surface area contributed by atoms with Crippen molar-refractivity contribution >= 4 is 38.9 Å². The van der Waals surface area contributed by atoms with E-state index in [9.17, 15) is 4.39 Å². The molecular formula is C14H14BrClFNS. The molecule has 5 heteroatoms. The van der Waals surface area contributed by atoms with Gasteiger partial charge in [-0.3, -0.25) is 0 Å². The summed E-state index contributed by atoms with van der Waals surface area (Å²) in [6, 6.07) is 6.56. The first kappa shape index (κ1) is 15.0. The maximum absolute atomic E-state index is 13.2. The van der Waals surface area contributed by atoms with E-state index >= 15 is 0 Å². The van der Waals surface area contributed by atoms with E-state index in [-0.39, 0.29) is 11.9 Å². The van der Waals surface area contributed by atoms with Crippen LogP contribution in [0.15, 0.2) is 34.1 Å². The monoisotopic (exact) mass is 361 g/mol. The summed E-state index contributed by atoms with van der Waals surface area (Å²) in [6.07, 6.45) is 1.03. The van der Waals surface area contributed by atoms with Crippen molar-refractivity contribution in [1.29, 1.82) is 0 Å². The van der Waals surface area contributed by atoms with E-state index in [1.807, 2.05) is 11.4 Å². The second kappa shape index (κ2) is 6.84. The van der Waals surface area contributed by atoms with Crippen LogP contribution in [0.5, 0.6) is 0 Å². The predicted octanol–water partition coefficient (Wildman–Crippen LogP) is 5.39. The summed E-state index contributed by atoms with van der Waals surface area (Å²) in [5, 5.41) is 5.94. The summed E-state index contributed by atoms with van der Waals surface area (Å²) in [7, 11) is 0. The van der Waals surface area contributed by atoms with Gasteiger partial charge in [0.2, 0.25) is 0 Å². The van der Waals surface area contributed by atoms with E-state index in [1.165, 1.54) is 12.1 Å². The molecule has 19 heavy (non-hydrogen) atoms. The molecule has 0 bridgehead atoms. The normalized spacial score (nSPS) is 12.6. The maximum Gasteiger partial charge on any atom is 0.124 e. The Morgan fingerprint density at radius 1 is 1.42 bits per heavy atom. The third-order valence-electron chi connectivity index (χ3n) is 2.78. The number of halogens is 3. The van der Waals surface area contributed by atoms with Gasteiger partial charge in [-0.05, 0) is 58.0 Å². The zero-order valence-electron chi connectivity index (χ0n) is 10.4. The molecule has 0 aliphatic heterocycles. The van der Waals surface area contributed by atoms with Crippen molar-refractivity contribution in [1.82, 2.24) is 5.32 Å². The number of hydrogen-bond donors (Lipinski definition) is 1. The minimum Gasteiger partial charge on any atom is -0.306 e. The standard InChI is InChI=1S/C14H14BrClFNS/c1-2-6-18-13(14-11(15)5-7-19-14)10-4-3-9(17)8-12(10)16/h3-5,7-8,13,18H,2,6H2,1H3. The van der Waals surface area contributed by atoms with E-state index in [0.29, 0.717) is 5.02 Å². The molecule has 1 N–H and O–H groups in total. The Hall–Kier alpha value is -0.420. The first-order chi connectivity index (χ1) is 9.13. The lowest BCUT2D eigenvalue weighted by atomic mass is 10.0. The van der Waals surface area contributed by atoms with E-state index in [1.54, 1.807) is 17.4 Å². The Morgan fingerprint density at radius 2 is 2.21 bits per heavy atom. The van der Waals surface area contributed by atoms with Crippen molar-refractivity contribution in [2.45, 2.75) is 19.4 Å². The zero-order chi connectivity index (χ0) is 13.8. The molecule has 1 heterocycles. The Labute approximate surface area is 129 Å². The fraction of sp³-hybridized carbons (Fsp3) is 0.286. The van der Waals surface area contributed by atoms with Gasteiger partial charge < -0.3 is 5.32 Å². The Bertz CT molecular complexity index is 558. The molecule has 2 rings (SSSR count). The molecular weight excluding hydrogens is 349 g/mol. The molecule has 1 unspecified atom stereocenters. The van der Waals surface area contributed by atoms with Gasteiger partial charge in [-0.1, -0.05) is 24.6 Å². The molecule has 0 saturated heterocycles. The highest BCUT2D eigenvalue weighted by atomic mass is 79.9. The average molecular weight is 363 g/mol. The van der Waals surface area contributed by atoms with Crippen molar-refractivity contribution in [3.63, 3.8) is 0 Å². The highest BCUT2D eigenvalue weighted by Gasteiger charge is 2.20. The molecule has 0 spiro atoms. The van der Waals surface area contributed by atoms with Gasteiger partial charge in [0, 0.05) is 14.4 Å². The van der Waals surface area contributed by atoms with E-state index < -0.39 is 0 Å². The van der Waals surface area contributed by atoms with Crippen LogP contribution in [0.2, 0.25) is 5.02 Å². The Balaban J connectivity index is 2.40. The topological polar surface area (TPSA) is 12.0 Å². The lowest BCUT2D eigenvalue weighted by molar-refractivity contribution is 0.598. The third-order valence-corrected chi connectivity index (χ3v) is 5.04. The summed E-state index contributed by atoms with van der Waals surface area (Å²) in [5.41, 5.74) is 0.902. The van der Waals surface area contributed by atoms with Gasteiger partial charge in [0.15, 0.2) is 0 Å². The average Bonchev–Trinajstić information content (AvgIpc) is 2.78. The molecule has 1 aromatic heterocycles. The lowest BCUT2D eigenvalue weighted by Crippen LogP contribution is -2.23. The maximum atomic E-state index is 13.2. The van der Waals surface area contributed by atoms with Crippen LogP contribution in [-0.4, -0.2) is 6.54 Å². The molecule has 102 valence electrons. The lowest BCUT2D eigenvalue weighted by Gasteiger charge is -2.19. The fourth-order valence-corrected chi connectivity index (χ4v) is 3.85. The van der Waals surface area contributed by atoms with Crippen LogP contribution < -0.4 is 5.32 Å². The van der Waals surface area contributed by atoms with Crippen molar-refractivity contribution in [2.75, 3.05) is 6.54 Å². The summed E-state index contributed by atoms with van der Waals surface area (Å²) in [5.74, 6) is -0.312. The first-order valence-corrected chi connectivity index (χ1v) is 8.09. The SMILES string of the molecule is CCCNC(c1ccc(F)cc1Cl)c1sccc1Br. The molecule has 0 aliphatic carbocycles.